The van der Waals surface area contributed by atoms with Crippen LogP contribution in [0.1, 0.15) is 11.4 Å². The van der Waals surface area contributed by atoms with Crippen molar-refractivity contribution < 1.29 is 13.2 Å². The van der Waals surface area contributed by atoms with Gasteiger partial charge in [-0.3, -0.25) is 0 Å². The van der Waals surface area contributed by atoms with E-state index in [0.717, 1.165) is 5.56 Å². The minimum Gasteiger partial charge on any atom is -0.163 e. The number of aryl methyl sites for hydroxylation is 1. The Morgan fingerprint density at radius 3 is 1.88 bits per heavy atom. The Kier molecular flexibility index (Phi) is 2.74. The lowest BCUT2D eigenvalue weighted by Gasteiger charge is -2.03. The van der Waals surface area contributed by atoms with Crippen LogP contribution in [0, 0.1) is 6.92 Å². The third kappa shape index (κ3) is 2.55. The molecule has 0 N–H and O–H groups in total. The van der Waals surface area contributed by atoms with E-state index in [1.165, 1.54) is 0 Å². The molecule has 0 amide bonds. The van der Waals surface area contributed by atoms with Crippen molar-refractivity contribution >= 4 is 0 Å². The molecule has 88 valence electrons. The molecule has 1 aromatic carbocycles. The number of alkyl halides is 3. The molecule has 4 nitrogen and oxygen atoms in total. The van der Waals surface area contributed by atoms with Crippen LogP contribution in [0.15, 0.2) is 24.3 Å². The van der Waals surface area contributed by atoms with Gasteiger partial charge in [-0.15, -0.1) is 20.4 Å². The molecule has 0 unspecified atom stereocenters. The third-order valence-corrected chi connectivity index (χ3v) is 2.04. The Bertz CT molecular complexity index is 505. The maximum atomic E-state index is 12.2. The molecule has 7 heteroatoms. The predicted octanol–water partition coefficient (Wildman–Crippen LogP) is 2.26. The maximum absolute atomic E-state index is 12.2. The molecular formula is C10H7F3N4. The average Bonchev–Trinajstić information content (AvgIpc) is 2.29. The zero-order valence-corrected chi connectivity index (χ0v) is 8.73. The first kappa shape index (κ1) is 11.4. The van der Waals surface area contributed by atoms with Gasteiger partial charge in [-0.2, -0.15) is 13.2 Å². The topological polar surface area (TPSA) is 51.6 Å². The van der Waals surface area contributed by atoms with Crippen LogP contribution < -0.4 is 0 Å². The van der Waals surface area contributed by atoms with Crippen LogP contribution in [0.3, 0.4) is 0 Å². The SMILES string of the molecule is Cc1ccc(-c2nnc(C(F)(F)F)nn2)cc1. The summed E-state index contributed by atoms with van der Waals surface area (Å²) in [5.74, 6) is -1.27. The van der Waals surface area contributed by atoms with Gasteiger partial charge in [0.15, 0.2) is 0 Å². The van der Waals surface area contributed by atoms with Gasteiger partial charge in [0.25, 0.3) is 5.82 Å². The number of hydrogen-bond donors (Lipinski definition) is 0. The first-order valence-corrected chi connectivity index (χ1v) is 4.68. The molecule has 0 aliphatic heterocycles. The Morgan fingerprint density at radius 1 is 0.882 bits per heavy atom. The van der Waals surface area contributed by atoms with E-state index >= 15 is 0 Å². The first-order chi connectivity index (χ1) is 7.97. The van der Waals surface area contributed by atoms with Gasteiger partial charge >= 0.3 is 6.18 Å². The average molecular weight is 240 g/mol. The quantitative estimate of drug-likeness (QED) is 0.767. The van der Waals surface area contributed by atoms with Crippen LogP contribution in [0.4, 0.5) is 13.2 Å². The zero-order chi connectivity index (χ0) is 12.5. The molecular weight excluding hydrogens is 233 g/mol. The van der Waals surface area contributed by atoms with Gasteiger partial charge < -0.3 is 0 Å². The van der Waals surface area contributed by atoms with Gasteiger partial charge in [0, 0.05) is 5.56 Å². The van der Waals surface area contributed by atoms with Crippen molar-refractivity contribution in [3.05, 3.63) is 35.7 Å². The molecule has 0 radical (unpaired) electrons. The van der Waals surface area contributed by atoms with Gasteiger partial charge in [0.2, 0.25) is 5.82 Å². The van der Waals surface area contributed by atoms with E-state index in [-0.39, 0.29) is 5.82 Å². The molecule has 1 heterocycles. The maximum Gasteiger partial charge on any atom is 0.455 e. The fourth-order valence-electron chi connectivity index (χ4n) is 1.16. The summed E-state index contributed by atoms with van der Waals surface area (Å²) in [6.07, 6.45) is -4.62. The molecule has 0 bridgehead atoms. The molecule has 1 aromatic heterocycles. The van der Waals surface area contributed by atoms with Gasteiger partial charge in [-0.05, 0) is 6.92 Å². The van der Waals surface area contributed by atoms with Crippen LogP contribution in [0.5, 0.6) is 0 Å². The van der Waals surface area contributed by atoms with E-state index in [2.05, 4.69) is 20.4 Å². The molecule has 0 spiro atoms. The lowest BCUT2D eigenvalue weighted by Crippen LogP contribution is -2.13. The Labute approximate surface area is 94.5 Å². The van der Waals surface area contributed by atoms with E-state index in [9.17, 15) is 13.2 Å². The van der Waals surface area contributed by atoms with Gasteiger partial charge in [0.1, 0.15) is 0 Å². The van der Waals surface area contributed by atoms with Crippen LogP contribution in [0.2, 0.25) is 0 Å². The van der Waals surface area contributed by atoms with Crippen molar-refractivity contribution in [2.45, 2.75) is 13.1 Å². The lowest BCUT2D eigenvalue weighted by atomic mass is 10.1. The fraction of sp³-hybridized carbons (Fsp3) is 0.200. The highest BCUT2D eigenvalue weighted by Crippen LogP contribution is 2.25. The van der Waals surface area contributed by atoms with E-state index in [1.54, 1.807) is 24.3 Å². The minimum absolute atomic E-state index is 0.0676. The zero-order valence-electron chi connectivity index (χ0n) is 8.73. The molecule has 2 rings (SSSR count). The highest BCUT2D eigenvalue weighted by Gasteiger charge is 2.35. The summed E-state index contributed by atoms with van der Waals surface area (Å²) in [6.45, 7) is 1.90. The fourth-order valence-corrected chi connectivity index (χ4v) is 1.16. The highest BCUT2D eigenvalue weighted by molar-refractivity contribution is 5.53. The molecule has 0 aliphatic carbocycles. The van der Waals surface area contributed by atoms with E-state index in [1.807, 2.05) is 6.92 Å². The van der Waals surface area contributed by atoms with Crippen molar-refractivity contribution in [3.63, 3.8) is 0 Å². The Hall–Kier alpha value is -2.05. The van der Waals surface area contributed by atoms with Crippen molar-refractivity contribution in [1.82, 2.24) is 20.4 Å². The molecule has 0 atom stereocenters. The summed E-state index contributed by atoms with van der Waals surface area (Å²) in [6, 6.07) is 7.00. The number of benzene rings is 1. The standard InChI is InChI=1S/C10H7F3N4/c1-6-2-4-7(5-3-6)8-14-16-9(17-15-8)10(11,12)13/h2-5H,1H3. The van der Waals surface area contributed by atoms with E-state index in [4.69, 9.17) is 0 Å². The number of nitrogens with zero attached hydrogens (tertiary/aromatic N) is 4. The van der Waals surface area contributed by atoms with Crippen LogP contribution >= 0.6 is 0 Å². The second-order valence-corrected chi connectivity index (χ2v) is 3.41. The monoisotopic (exact) mass is 240 g/mol. The van der Waals surface area contributed by atoms with E-state index in [0.29, 0.717) is 5.56 Å². The number of hydrogen-bond acceptors (Lipinski definition) is 4. The summed E-state index contributed by atoms with van der Waals surface area (Å²) in [4.78, 5) is 0. The molecule has 0 saturated carbocycles. The van der Waals surface area contributed by atoms with Crippen molar-refractivity contribution in [1.29, 1.82) is 0 Å². The van der Waals surface area contributed by atoms with Crippen molar-refractivity contribution in [3.8, 4) is 11.4 Å². The van der Waals surface area contributed by atoms with Gasteiger partial charge in [-0.25, -0.2) is 0 Å². The predicted molar refractivity (Wildman–Crippen MR) is 52.8 cm³/mol. The van der Waals surface area contributed by atoms with Crippen LogP contribution in [-0.4, -0.2) is 20.4 Å². The van der Waals surface area contributed by atoms with Gasteiger partial charge in [-0.1, -0.05) is 29.8 Å². The third-order valence-electron chi connectivity index (χ3n) is 2.04. The Balaban J connectivity index is 2.33. The minimum atomic E-state index is -4.62. The van der Waals surface area contributed by atoms with Crippen LogP contribution in [0.25, 0.3) is 11.4 Å². The lowest BCUT2D eigenvalue weighted by molar-refractivity contribution is -0.146. The second kappa shape index (κ2) is 4.08. The molecule has 17 heavy (non-hydrogen) atoms. The highest BCUT2D eigenvalue weighted by atomic mass is 19.4. The first-order valence-electron chi connectivity index (χ1n) is 4.68. The number of aromatic nitrogens is 4. The largest absolute Gasteiger partial charge is 0.455 e. The van der Waals surface area contributed by atoms with Crippen molar-refractivity contribution in [2.24, 2.45) is 0 Å². The van der Waals surface area contributed by atoms with E-state index < -0.39 is 12.0 Å². The molecule has 0 saturated heterocycles. The summed E-state index contributed by atoms with van der Waals surface area (Å²) < 4.78 is 36.5. The second-order valence-electron chi connectivity index (χ2n) is 3.41. The number of rotatable bonds is 1. The normalized spacial score (nSPS) is 11.5. The Morgan fingerprint density at radius 2 is 1.41 bits per heavy atom. The summed E-state index contributed by atoms with van der Waals surface area (Å²) in [5.41, 5.74) is 1.60. The van der Waals surface area contributed by atoms with Gasteiger partial charge in [0.05, 0.1) is 0 Å². The number of halogens is 3. The molecule has 2 aromatic rings. The smallest absolute Gasteiger partial charge is 0.163 e. The molecule has 0 fully saturated rings. The summed E-state index contributed by atoms with van der Waals surface area (Å²) in [7, 11) is 0. The summed E-state index contributed by atoms with van der Waals surface area (Å²) >= 11 is 0. The molecule has 0 aliphatic rings. The van der Waals surface area contributed by atoms with Crippen molar-refractivity contribution in [2.75, 3.05) is 0 Å². The van der Waals surface area contributed by atoms with Crippen LogP contribution in [-0.2, 0) is 6.18 Å². The summed E-state index contributed by atoms with van der Waals surface area (Å²) in [5, 5.41) is 12.8.